The number of piperidine rings is 1. The van der Waals surface area contributed by atoms with Gasteiger partial charge < -0.3 is 15.0 Å². The van der Waals surface area contributed by atoms with Gasteiger partial charge in [-0.15, -0.1) is 12.4 Å². The molecule has 0 aromatic rings. The van der Waals surface area contributed by atoms with Crippen LogP contribution in [0.4, 0.5) is 0 Å². The first-order chi connectivity index (χ1) is 6.76. The summed E-state index contributed by atoms with van der Waals surface area (Å²) in [5, 5.41) is 3.68. The van der Waals surface area contributed by atoms with E-state index in [1.165, 1.54) is 25.7 Å². The van der Waals surface area contributed by atoms with Crippen molar-refractivity contribution >= 4 is 12.4 Å². The van der Waals surface area contributed by atoms with Gasteiger partial charge in [-0.25, -0.2) is 0 Å². The zero-order chi connectivity index (χ0) is 9.60. The lowest BCUT2D eigenvalue weighted by molar-refractivity contribution is -0.126. The van der Waals surface area contributed by atoms with Gasteiger partial charge in [-0.2, -0.15) is 0 Å². The van der Waals surface area contributed by atoms with Gasteiger partial charge in [0.2, 0.25) is 0 Å². The quantitative estimate of drug-likeness (QED) is 0.675. The average molecular weight is 233 g/mol. The molecular weight excluding hydrogens is 212 g/mol. The molecule has 2 bridgehead atoms. The van der Waals surface area contributed by atoms with E-state index < -0.39 is 0 Å². The highest BCUT2D eigenvalue weighted by Crippen LogP contribution is 2.38. The van der Waals surface area contributed by atoms with Gasteiger partial charge in [0.25, 0.3) is 0 Å². The van der Waals surface area contributed by atoms with Crippen LogP contribution in [0.25, 0.3) is 0 Å². The highest BCUT2D eigenvalue weighted by molar-refractivity contribution is 5.85. The summed E-state index contributed by atoms with van der Waals surface area (Å²) in [6.07, 6.45) is 5.18. The molecule has 0 aromatic carbocycles. The molecule has 88 valence electrons. The molecular formula is C11H21ClN2O. The lowest BCUT2D eigenvalue weighted by Gasteiger charge is -2.46. The summed E-state index contributed by atoms with van der Waals surface area (Å²) in [5.41, 5.74) is 0.198. The fraction of sp³-hybridized carbons (Fsp3) is 1.00. The molecule has 3 aliphatic rings. The van der Waals surface area contributed by atoms with Crippen molar-refractivity contribution < 1.29 is 4.74 Å². The first-order valence-corrected chi connectivity index (χ1v) is 5.84. The Morgan fingerprint density at radius 1 is 1.27 bits per heavy atom. The Labute approximate surface area is 97.9 Å². The van der Waals surface area contributed by atoms with Crippen molar-refractivity contribution in [2.75, 3.05) is 26.7 Å². The minimum atomic E-state index is 0. The van der Waals surface area contributed by atoms with Crippen LogP contribution in [0.3, 0.4) is 0 Å². The first-order valence-electron chi connectivity index (χ1n) is 5.84. The minimum Gasteiger partial charge on any atom is -0.372 e. The van der Waals surface area contributed by atoms with E-state index in [1.54, 1.807) is 0 Å². The average Bonchev–Trinajstić information content (AvgIpc) is 2.46. The highest BCUT2D eigenvalue weighted by Gasteiger charge is 2.46. The van der Waals surface area contributed by atoms with Crippen molar-refractivity contribution in [3.63, 3.8) is 0 Å². The van der Waals surface area contributed by atoms with Gasteiger partial charge in [-0.05, 0) is 32.7 Å². The number of ether oxygens (including phenoxy) is 1. The predicted octanol–water partition coefficient (Wildman–Crippen LogP) is 1.02. The number of hydrogen-bond acceptors (Lipinski definition) is 3. The number of fused-ring (bicyclic) bond motifs is 2. The van der Waals surface area contributed by atoms with Gasteiger partial charge in [-0.1, -0.05) is 0 Å². The van der Waals surface area contributed by atoms with E-state index in [1.807, 2.05) is 0 Å². The van der Waals surface area contributed by atoms with Crippen LogP contribution in [-0.4, -0.2) is 49.3 Å². The van der Waals surface area contributed by atoms with E-state index in [0.29, 0.717) is 0 Å². The van der Waals surface area contributed by atoms with Crippen LogP contribution in [0.15, 0.2) is 0 Å². The number of rotatable bonds is 0. The maximum Gasteiger partial charge on any atom is 0.0838 e. The predicted molar refractivity (Wildman–Crippen MR) is 62.6 cm³/mol. The summed E-state index contributed by atoms with van der Waals surface area (Å²) in [4.78, 5) is 2.42. The molecule has 15 heavy (non-hydrogen) atoms. The lowest BCUT2D eigenvalue weighted by atomic mass is 9.86. The molecule has 0 aliphatic carbocycles. The van der Waals surface area contributed by atoms with Gasteiger partial charge in [-0.3, -0.25) is 0 Å². The molecule has 3 nitrogen and oxygen atoms in total. The Kier molecular flexibility index (Phi) is 3.27. The molecule has 3 heterocycles. The number of hydrogen-bond donors (Lipinski definition) is 1. The monoisotopic (exact) mass is 232 g/mol. The smallest absolute Gasteiger partial charge is 0.0838 e. The highest BCUT2D eigenvalue weighted by atomic mass is 35.5. The van der Waals surface area contributed by atoms with E-state index in [9.17, 15) is 0 Å². The summed E-state index contributed by atoms with van der Waals surface area (Å²) < 4.78 is 6.08. The molecule has 4 heteroatoms. The number of morpholine rings is 1. The molecule has 1 spiro atoms. The lowest BCUT2D eigenvalue weighted by Crippen LogP contribution is -2.58. The molecule has 0 amide bonds. The molecule has 3 saturated heterocycles. The summed E-state index contributed by atoms with van der Waals surface area (Å²) in [6.45, 7) is 3.17. The van der Waals surface area contributed by atoms with Gasteiger partial charge >= 0.3 is 0 Å². The van der Waals surface area contributed by atoms with Crippen LogP contribution in [0.5, 0.6) is 0 Å². The van der Waals surface area contributed by atoms with E-state index >= 15 is 0 Å². The van der Waals surface area contributed by atoms with Crippen molar-refractivity contribution in [2.45, 2.75) is 43.4 Å². The minimum absolute atomic E-state index is 0. The molecule has 0 aromatic heterocycles. The Balaban J connectivity index is 0.000000853. The topological polar surface area (TPSA) is 24.5 Å². The molecule has 1 N–H and O–H groups in total. The molecule has 3 aliphatic heterocycles. The molecule has 0 saturated carbocycles. The summed E-state index contributed by atoms with van der Waals surface area (Å²) >= 11 is 0. The third-order valence-electron chi connectivity index (χ3n) is 4.01. The van der Waals surface area contributed by atoms with Crippen LogP contribution in [0, 0.1) is 0 Å². The Morgan fingerprint density at radius 2 is 1.93 bits per heavy atom. The van der Waals surface area contributed by atoms with Crippen LogP contribution in [-0.2, 0) is 4.74 Å². The Bertz CT molecular complexity index is 225. The molecule has 3 fully saturated rings. The van der Waals surface area contributed by atoms with Gasteiger partial charge in [0.05, 0.1) is 12.2 Å². The van der Waals surface area contributed by atoms with E-state index in [-0.39, 0.29) is 18.0 Å². The maximum absolute atomic E-state index is 6.08. The fourth-order valence-electron chi connectivity index (χ4n) is 3.49. The molecule has 2 unspecified atom stereocenters. The second-order valence-electron chi connectivity index (χ2n) is 5.32. The van der Waals surface area contributed by atoms with Crippen LogP contribution in [0.2, 0.25) is 0 Å². The summed E-state index contributed by atoms with van der Waals surface area (Å²) in [5.74, 6) is 0. The molecule has 0 radical (unpaired) electrons. The Morgan fingerprint density at radius 3 is 2.53 bits per heavy atom. The fourth-order valence-corrected chi connectivity index (χ4v) is 3.49. The number of nitrogens with one attached hydrogen (secondary N) is 1. The van der Waals surface area contributed by atoms with Crippen LogP contribution >= 0.6 is 12.4 Å². The second kappa shape index (κ2) is 4.21. The second-order valence-corrected chi connectivity index (χ2v) is 5.32. The Hall–Kier alpha value is 0.170. The largest absolute Gasteiger partial charge is 0.372 e. The normalized spacial score (nSPS) is 45.4. The summed E-state index contributed by atoms with van der Waals surface area (Å²) in [6, 6.07) is 1.47. The van der Waals surface area contributed by atoms with Gasteiger partial charge in [0.15, 0.2) is 0 Å². The number of likely N-dealkylation sites (N-methyl/N-ethyl adjacent to an activating group) is 1. The van der Waals surface area contributed by atoms with Gasteiger partial charge in [0.1, 0.15) is 0 Å². The van der Waals surface area contributed by atoms with Crippen molar-refractivity contribution in [2.24, 2.45) is 0 Å². The maximum atomic E-state index is 6.08. The third kappa shape index (κ3) is 2.16. The first kappa shape index (κ1) is 11.6. The zero-order valence-electron chi connectivity index (χ0n) is 9.37. The SMILES string of the molecule is CN1CCOC2(CC3CCC(C2)N3)C1.Cl. The van der Waals surface area contributed by atoms with E-state index in [4.69, 9.17) is 4.74 Å². The number of halogens is 1. The van der Waals surface area contributed by atoms with Gasteiger partial charge in [0, 0.05) is 25.2 Å². The summed E-state index contributed by atoms with van der Waals surface area (Å²) in [7, 11) is 2.22. The van der Waals surface area contributed by atoms with E-state index in [0.717, 1.165) is 31.8 Å². The van der Waals surface area contributed by atoms with Crippen molar-refractivity contribution in [1.29, 1.82) is 0 Å². The third-order valence-corrected chi connectivity index (χ3v) is 4.01. The van der Waals surface area contributed by atoms with Crippen LogP contribution in [0.1, 0.15) is 25.7 Å². The van der Waals surface area contributed by atoms with E-state index in [2.05, 4.69) is 17.3 Å². The molecule has 3 rings (SSSR count). The van der Waals surface area contributed by atoms with Crippen molar-refractivity contribution in [1.82, 2.24) is 10.2 Å². The number of nitrogens with zero attached hydrogens (tertiary/aromatic N) is 1. The van der Waals surface area contributed by atoms with Crippen molar-refractivity contribution in [3.8, 4) is 0 Å². The molecule has 2 atom stereocenters. The zero-order valence-corrected chi connectivity index (χ0v) is 10.2. The van der Waals surface area contributed by atoms with Crippen molar-refractivity contribution in [3.05, 3.63) is 0 Å². The standard InChI is InChI=1S/C11H20N2O.ClH/c1-13-4-5-14-11(8-13)6-9-2-3-10(7-11)12-9;/h9-10,12H,2-8H2,1H3;1H. The van der Waals surface area contributed by atoms with Crippen LogP contribution < -0.4 is 5.32 Å².